The van der Waals surface area contributed by atoms with Crippen molar-refractivity contribution in [2.24, 2.45) is 52.3 Å². The molecule has 0 amide bonds. The van der Waals surface area contributed by atoms with Crippen molar-refractivity contribution in [3.05, 3.63) is 11.6 Å². The van der Waals surface area contributed by atoms with Gasteiger partial charge < -0.3 is 69.6 Å². The molecule has 5 aliphatic carbocycles. The molecule has 0 radical (unpaired) electrons. The third-order valence-electron chi connectivity index (χ3n) is 18.6. The third kappa shape index (κ3) is 7.44. The minimum Gasteiger partial charge on any atom is -0.396 e. The number of ether oxygens (including phenoxy) is 5. The van der Waals surface area contributed by atoms with Gasteiger partial charge in [-0.25, -0.2) is 0 Å². The number of aliphatic hydroxyl groups is 9. The van der Waals surface area contributed by atoms with Crippen molar-refractivity contribution in [1.82, 2.24) is 4.90 Å². The van der Waals surface area contributed by atoms with Crippen LogP contribution < -0.4 is 0 Å². The summed E-state index contributed by atoms with van der Waals surface area (Å²) in [6.45, 7) is 11.7. The number of hydrogen-bond donors (Lipinski definition) is 9. The molecule has 0 bridgehead atoms. The normalized spacial score (nSPS) is 57.3. The van der Waals surface area contributed by atoms with Gasteiger partial charge in [-0.2, -0.15) is 0 Å². The van der Waals surface area contributed by atoms with Crippen molar-refractivity contribution >= 4 is 0 Å². The second-order valence-electron chi connectivity index (χ2n) is 21.7. The summed E-state index contributed by atoms with van der Waals surface area (Å²) >= 11 is 0. The van der Waals surface area contributed by atoms with Gasteiger partial charge in [-0.05, 0) is 117 Å². The minimum absolute atomic E-state index is 0.0212. The van der Waals surface area contributed by atoms with Gasteiger partial charge >= 0.3 is 0 Å². The van der Waals surface area contributed by atoms with E-state index in [1.807, 2.05) is 0 Å². The van der Waals surface area contributed by atoms with E-state index in [0.717, 1.165) is 36.6 Å². The maximum absolute atomic E-state index is 11.6. The van der Waals surface area contributed by atoms with Crippen LogP contribution in [0.1, 0.15) is 98.8 Å². The van der Waals surface area contributed by atoms with Crippen molar-refractivity contribution in [2.75, 3.05) is 19.8 Å². The first kappa shape index (κ1) is 45.3. The second-order valence-corrected chi connectivity index (χ2v) is 21.7. The van der Waals surface area contributed by atoms with Crippen LogP contribution >= 0.6 is 0 Å². The molecular weight excluding hydrogens is 790 g/mol. The number of hydrogen-bond acceptors (Lipinski definition) is 15. The molecule has 0 spiro atoms. The molecule has 4 aliphatic heterocycles. The van der Waals surface area contributed by atoms with E-state index in [1.165, 1.54) is 51.1 Å². The lowest BCUT2D eigenvalue weighted by atomic mass is 9.47. The summed E-state index contributed by atoms with van der Waals surface area (Å²) in [5.41, 5.74) is 1.77. The summed E-state index contributed by atoms with van der Waals surface area (Å²) in [7, 11) is 0. The van der Waals surface area contributed by atoms with E-state index in [0.29, 0.717) is 42.1 Å². The average molecular weight is 866 g/mol. The lowest BCUT2D eigenvalue weighted by Crippen LogP contribution is -2.66. The summed E-state index contributed by atoms with van der Waals surface area (Å²) in [5.74, 6) is 3.36. The van der Waals surface area contributed by atoms with Crippen LogP contribution in [0.4, 0.5) is 0 Å². The number of nitrogens with zero attached hydrogens (tertiary/aromatic N) is 1. The highest BCUT2D eigenvalue weighted by molar-refractivity contribution is 5.27. The molecule has 4 saturated heterocycles. The highest BCUT2D eigenvalue weighted by Crippen LogP contribution is 2.70. The number of aliphatic hydroxyl groups excluding tert-OH is 9. The second kappa shape index (κ2) is 17.1. The Morgan fingerprint density at radius 1 is 0.705 bits per heavy atom. The van der Waals surface area contributed by atoms with E-state index in [2.05, 4.69) is 38.7 Å². The van der Waals surface area contributed by atoms with E-state index in [-0.39, 0.29) is 17.9 Å². The van der Waals surface area contributed by atoms with Crippen LogP contribution in [0, 0.1) is 52.3 Å². The van der Waals surface area contributed by atoms with Gasteiger partial charge in [0.25, 0.3) is 0 Å². The van der Waals surface area contributed by atoms with Gasteiger partial charge in [0.2, 0.25) is 0 Å². The van der Waals surface area contributed by atoms with Gasteiger partial charge in [0, 0.05) is 31.2 Å². The van der Waals surface area contributed by atoms with Gasteiger partial charge in [0.1, 0.15) is 54.9 Å². The van der Waals surface area contributed by atoms with Gasteiger partial charge in [-0.3, -0.25) is 4.90 Å². The monoisotopic (exact) mass is 866 g/mol. The van der Waals surface area contributed by atoms with Crippen LogP contribution in [0.3, 0.4) is 0 Å². The van der Waals surface area contributed by atoms with Crippen LogP contribution in [-0.2, 0) is 23.7 Å². The van der Waals surface area contributed by atoms with Crippen LogP contribution in [-0.4, -0.2) is 175 Å². The van der Waals surface area contributed by atoms with E-state index < -0.39 is 105 Å². The van der Waals surface area contributed by atoms with E-state index in [4.69, 9.17) is 23.7 Å². The lowest BCUT2D eigenvalue weighted by molar-refractivity contribution is -0.378. The number of rotatable bonds is 8. The largest absolute Gasteiger partial charge is 0.396 e. The number of piperidine rings is 1. The third-order valence-corrected chi connectivity index (χ3v) is 18.6. The highest BCUT2D eigenvalue weighted by atomic mass is 16.8. The molecule has 0 aromatic rings. The van der Waals surface area contributed by atoms with Crippen molar-refractivity contribution < 1.29 is 69.6 Å². The van der Waals surface area contributed by atoms with Crippen LogP contribution in [0.2, 0.25) is 0 Å². The fourth-order valence-electron chi connectivity index (χ4n) is 15.2. The summed E-state index contributed by atoms with van der Waals surface area (Å²) in [5, 5.41) is 96.4. The van der Waals surface area contributed by atoms with Crippen molar-refractivity contribution in [1.29, 1.82) is 0 Å². The maximum atomic E-state index is 11.6. The molecular formula is C46H75NO14. The van der Waals surface area contributed by atoms with E-state index >= 15 is 0 Å². The minimum atomic E-state index is -1.71. The van der Waals surface area contributed by atoms with E-state index in [9.17, 15) is 46.0 Å². The topological polar surface area (TPSA) is 231 Å². The Hall–Kier alpha value is -0.860. The Morgan fingerprint density at radius 3 is 2.20 bits per heavy atom. The summed E-state index contributed by atoms with van der Waals surface area (Å²) in [4.78, 5) is 2.95. The first-order chi connectivity index (χ1) is 29.0. The standard InChI is InChI=1S/C46H75NO14/c1-20-6-9-29-21(2)33-30(47(29)17-20)16-28-26-8-7-24-15-25(10-12-45(24,4)27(26)11-13-46(28,33)5)58-44-42(61-43-40(56)38(54)34(50)22(3)57-43)41(37(53)32(19-49)60-44)59-31-14-23(18-48)35(51)39(55)36(31)52/h7,20-23,25-44,48-56H,6,8-19H2,1-5H3/t20-,21?,22-,23+,25?,26?,27?,28?,29?,30?,31+,32+,33?,34-,35+,36-,37-,38+,39-,40+,41-,42+,43?,44?,45?,46?/m0/s1. The van der Waals surface area contributed by atoms with Gasteiger partial charge in [0.05, 0.1) is 31.0 Å². The number of fused-ring (bicyclic) bond motifs is 9. The number of allylic oxidation sites excluding steroid dienone is 1. The van der Waals surface area contributed by atoms with Crippen molar-refractivity contribution in [3.63, 3.8) is 0 Å². The van der Waals surface area contributed by atoms with Crippen LogP contribution in [0.25, 0.3) is 0 Å². The fraction of sp³-hybridized carbons (Fsp3) is 0.957. The summed E-state index contributed by atoms with van der Waals surface area (Å²) in [6, 6.07) is 1.44. The zero-order chi connectivity index (χ0) is 43.4. The molecule has 12 unspecified atom stereocenters. The Morgan fingerprint density at radius 2 is 1.46 bits per heavy atom. The molecule has 0 aromatic carbocycles. The predicted octanol–water partition coefficient (Wildman–Crippen LogP) is 0.819. The molecule has 9 N–H and O–H groups in total. The first-order valence-corrected chi connectivity index (χ1v) is 23.7. The molecule has 4 saturated carbocycles. The first-order valence-electron chi connectivity index (χ1n) is 23.7. The molecule has 15 heteroatoms. The van der Waals surface area contributed by atoms with Gasteiger partial charge in [-0.15, -0.1) is 0 Å². The fourth-order valence-corrected chi connectivity index (χ4v) is 15.2. The maximum Gasteiger partial charge on any atom is 0.187 e. The van der Waals surface area contributed by atoms with Crippen molar-refractivity contribution in [2.45, 2.75) is 203 Å². The molecule has 9 rings (SSSR count). The Balaban J connectivity index is 0.952. The van der Waals surface area contributed by atoms with Crippen LogP contribution in [0.15, 0.2) is 11.6 Å². The smallest absolute Gasteiger partial charge is 0.187 e. The van der Waals surface area contributed by atoms with Crippen LogP contribution in [0.5, 0.6) is 0 Å². The zero-order valence-electron chi connectivity index (χ0n) is 36.6. The zero-order valence-corrected chi connectivity index (χ0v) is 36.6. The Kier molecular flexibility index (Phi) is 12.7. The molecule has 9 aliphatic rings. The van der Waals surface area contributed by atoms with Gasteiger partial charge in [0.15, 0.2) is 12.6 Å². The summed E-state index contributed by atoms with van der Waals surface area (Å²) in [6.07, 6.45) is -8.07. The molecule has 15 nitrogen and oxygen atoms in total. The Labute approximate surface area is 360 Å². The average Bonchev–Trinajstić information content (AvgIpc) is 3.71. The van der Waals surface area contributed by atoms with E-state index in [1.54, 1.807) is 0 Å². The Bertz CT molecular complexity index is 1590. The van der Waals surface area contributed by atoms with Crippen molar-refractivity contribution in [3.8, 4) is 0 Å². The molecule has 26 atom stereocenters. The lowest BCUT2D eigenvalue weighted by Gasteiger charge is -2.58. The predicted molar refractivity (Wildman–Crippen MR) is 218 cm³/mol. The SMILES string of the molecule is CC1C2CC[C@H](C)CN2C2CC3C4CC=C5CC(OC6O[C@H](CO)[C@H](O)[C@H](O[C@@H]7C[C@H](CO)[C@@H](O)[C@H](O)[C@H]7O)[C@H]6OC6O[C@@H](C)[C@H](O)[C@@H](O)[C@H]6O)CCC5(C)C4CCC3(C)C12. The quantitative estimate of drug-likeness (QED) is 0.154. The summed E-state index contributed by atoms with van der Waals surface area (Å²) < 4.78 is 31.6. The van der Waals surface area contributed by atoms with Gasteiger partial charge in [-0.1, -0.05) is 39.3 Å². The molecule has 61 heavy (non-hydrogen) atoms. The highest BCUT2D eigenvalue weighted by Gasteiger charge is 2.66. The molecule has 0 aromatic heterocycles. The molecule has 4 heterocycles. The molecule has 348 valence electrons. The molecule has 8 fully saturated rings.